The van der Waals surface area contributed by atoms with Crippen molar-refractivity contribution in [1.82, 2.24) is 5.32 Å². The smallest absolute Gasteiger partial charge is 0.225 e. The molecule has 98 valence electrons. The summed E-state index contributed by atoms with van der Waals surface area (Å²) in [5.41, 5.74) is 2.96. The predicted molar refractivity (Wildman–Crippen MR) is 77.5 cm³/mol. The van der Waals surface area contributed by atoms with E-state index in [9.17, 15) is 10.1 Å². The molecule has 19 heavy (non-hydrogen) atoms. The summed E-state index contributed by atoms with van der Waals surface area (Å²) >= 11 is 1.41. The van der Waals surface area contributed by atoms with Crippen molar-refractivity contribution in [3.8, 4) is 6.07 Å². The molecule has 0 saturated carbocycles. The van der Waals surface area contributed by atoms with Crippen LogP contribution in [0.15, 0.2) is 34.9 Å². The topological polar surface area (TPSA) is 52.9 Å². The zero-order valence-corrected chi connectivity index (χ0v) is 11.9. The van der Waals surface area contributed by atoms with Gasteiger partial charge in [-0.05, 0) is 23.8 Å². The number of hydrogen-bond donors (Lipinski definition) is 1. The van der Waals surface area contributed by atoms with Gasteiger partial charge in [0.1, 0.15) is 0 Å². The molecule has 3 nitrogen and oxygen atoms in total. The van der Waals surface area contributed by atoms with E-state index < -0.39 is 0 Å². The molecule has 4 heteroatoms. The summed E-state index contributed by atoms with van der Waals surface area (Å²) in [6.07, 6.45) is 3.20. The Morgan fingerprint density at radius 2 is 2.11 bits per heavy atom. The molecule has 1 aliphatic heterocycles. The van der Waals surface area contributed by atoms with Gasteiger partial charge in [0.2, 0.25) is 5.91 Å². The van der Waals surface area contributed by atoms with Crippen LogP contribution in [0.1, 0.15) is 30.4 Å². The van der Waals surface area contributed by atoms with E-state index in [0.717, 1.165) is 12.0 Å². The van der Waals surface area contributed by atoms with Crippen LogP contribution >= 0.6 is 11.8 Å². The first-order valence-corrected chi connectivity index (χ1v) is 7.49. The molecule has 1 aromatic carbocycles. The molecule has 1 aromatic rings. The maximum atomic E-state index is 11.7. The fraction of sp³-hybridized carbons (Fsp3) is 0.333. The zero-order valence-electron chi connectivity index (χ0n) is 11.1. The second-order valence-electron chi connectivity index (χ2n) is 4.46. The number of nitrogens with zero attached hydrogens (tertiary/aromatic N) is 1. The first-order valence-electron chi connectivity index (χ1n) is 6.26. The fourth-order valence-corrected chi connectivity index (χ4v) is 2.87. The largest absolute Gasteiger partial charge is 0.320 e. The lowest BCUT2D eigenvalue weighted by molar-refractivity contribution is -0.120. The minimum Gasteiger partial charge on any atom is -0.320 e. The van der Waals surface area contributed by atoms with Crippen molar-refractivity contribution in [3.63, 3.8) is 0 Å². The normalized spacial score (nSPS) is 19.0. The molecule has 1 heterocycles. The number of benzene rings is 1. The number of thioether (sulfide) groups is 1. The number of nitriles is 1. The Morgan fingerprint density at radius 3 is 2.63 bits per heavy atom. The minimum atomic E-state index is -0.118. The summed E-state index contributed by atoms with van der Waals surface area (Å²) in [6, 6.07) is 10.4. The van der Waals surface area contributed by atoms with E-state index in [-0.39, 0.29) is 11.8 Å². The summed E-state index contributed by atoms with van der Waals surface area (Å²) in [5, 5.41) is 12.8. The maximum absolute atomic E-state index is 11.7. The summed E-state index contributed by atoms with van der Waals surface area (Å²) in [7, 11) is 0. The Hall–Kier alpha value is -1.73. The fourth-order valence-electron chi connectivity index (χ4n) is 2.25. The number of nitrogens with one attached hydrogen (secondary N) is 1. The Bertz CT molecular complexity index is 555. The highest BCUT2D eigenvalue weighted by molar-refractivity contribution is 8.02. The van der Waals surface area contributed by atoms with Crippen LogP contribution in [0.5, 0.6) is 0 Å². The van der Waals surface area contributed by atoms with E-state index >= 15 is 0 Å². The molecule has 0 radical (unpaired) electrons. The standard InChI is InChI=1S/C15H16N2OS/c1-3-10-4-6-11(7-5-10)12-8-14(18)17-15(19-2)13(12)9-16/h4-7,12H,3,8H2,1-2H3,(H,17,18)/t12-/m0/s1. The molecular weight excluding hydrogens is 256 g/mol. The lowest BCUT2D eigenvalue weighted by Crippen LogP contribution is -2.30. The highest BCUT2D eigenvalue weighted by Gasteiger charge is 2.28. The van der Waals surface area contributed by atoms with Gasteiger partial charge >= 0.3 is 0 Å². The van der Waals surface area contributed by atoms with Crippen LogP contribution in [0.3, 0.4) is 0 Å². The van der Waals surface area contributed by atoms with Crippen molar-refractivity contribution in [2.24, 2.45) is 0 Å². The molecule has 0 bridgehead atoms. The second-order valence-corrected chi connectivity index (χ2v) is 5.28. The van der Waals surface area contributed by atoms with Crippen LogP contribution in [-0.4, -0.2) is 12.2 Å². The van der Waals surface area contributed by atoms with Gasteiger partial charge in [0.15, 0.2) is 0 Å². The van der Waals surface area contributed by atoms with E-state index in [1.807, 2.05) is 18.4 Å². The lowest BCUT2D eigenvalue weighted by atomic mass is 9.86. The molecule has 0 saturated heterocycles. The molecule has 0 aromatic heterocycles. The number of rotatable bonds is 3. The monoisotopic (exact) mass is 272 g/mol. The molecule has 0 unspecified atom stereocenters. The van der Waals surface area contributed by atoms with Crippen molar-refractivity contribution in [1.29, 1.82) is 5.26 Å². The van der Waals surface area contributed by atoms with Crippen molar-refractivity contribution in [2.75, 3.05) is 6.26 Å². The highest BCUT2D eigenvalue weighted by Crippen LogP contribution is 2.35. The lowest BCUT2D eigenvalue weighted by Gasteiger charge is -2.24. The molecule has 1 N–H and O–H groups in total. The molecule has 0 fully saturated rings. The van der Waals surface area contributed by atoms with E-state index in [1.165, 1.54) is 17.3 Å². The van der Waals surface area contributed by atoms with Crippen LogP contribution in [-0.2, 0) is 11.2 Å². The van der Waals surface area contributed by atoms with Crippen molar-refractivity contribution in [2.45, 2.75) is 25.7 Å². The first-order chi connectivity index (χ1) is 9.19. The second kappa shape index (κ2) is 5.94. The van der Waals surface area contributed by atoms with E-state index in [1.54, 1.807) is 0 Å². The summed E-state index contributed by atoms with van der Waals surface area (Å²) < 4.78 is 0. The first kappa shape index (κ1) is 13.7. The number of carbonyl (C=O) groups is 1. The van der Waals surface area contributed by atoms with Crippen molar-refractivity contribution in [3.05, 3.63) is 46.0 Å². The van der Waals surface area contributed by atoms with Gasteiger partial charge in [0.25, 0.3) is 0 Å². The predicted octanol–water partition coefficient (Wildman–Crippen LogP) is 2.95. The summed E-state index contributed by atoms with van der Waals surface area (Å²) in [5.74, 6) is -0.139. The van der Waals surface area contributed by atoms with Crippen molar-refractivity contribution < 1.29 is 4.79 Å². The average Bonchev–Trinajstić information content (AvgIpc) is 2.46. The van der Waals surface area contributed by atoms with Gasteiger partial charge in [0, 0.05) is 12.3 Å². The quantitative estimate of drug-likeness (QED) is 0.920. The number of hydrogen-bond acceptors (Lipinski definition) is 3. The SMILES string of the molecule is CCc1ccc([C@@H]2CC(=O)NC(SC)=C2C#N)cc1. The van der Waals surface area contributed by atoms with E-state index in [2.05, 4.69) is 30.4 Å². The van der Waals surface area contributed by atoms with Crippen LogP contribution in [0.2, 0.25) is 0 Å². The maximum Gasteiger partial charge on any atom is 0.225 e. The summed E-state index contributed by atoms with van der Waals surface area (Å²) in [4.78, 5) is 11.7. The molecule has 0 spiro atoms. The summed E-state index contributed by atoms with van der Waals surface area (Å²) in [6.45, 7) is 2.11. The van der Waals surface area contributed by atoms with Gasteiger partial charge in [-0.25, -0.2) is 0 Å². The number of allylic oxidation sites excluding steroid dienone is 1. The third kappa shape index (κ3) is 2.82. The van der Waals surface area contributed by atoms with Gasteiger partial charge in [-0.3, -0.25) is 4.79 Å². The van der Waals surface area contributed by atoms with Gasteiger partial charge in [0.05, 0.1) is 16.7 Å². The van der Waals surface area contributed by atoms with Gasteiger partial charge in [-0.2, -0.15) is 5.26 Å². The van der Waals surface area contributed by atoms with E-state index in [0.29, 0.717) is 17.0 Å². The number of aryl methyl sites for hydroxylation is 1. The van der Waals surface area contributed by atoms with Gasteiger partial charge in [-0.15, -0.1) is 11.8 Å². The third-order valence-corrected chi connectivity index (χ3v) is 4.08. The minimum absolute atomic E-state index is 0.0204. The number of amides is 1. The van der Waals surface area contributed by atoms with Crippen LogP contribution in [0.25, 0.3) is 0 Å². The average molecular weight is 272 g/mol. The zero-order chi connectivity index (χ0) is 13.8. The molecule has 2 rings (SSSR count). The van der Waals surface area contributed by atoms with Crippen molar-refractivity contribution >= 4 is 17.7 Å². The van der Waals surface area contributed by atoms with Crippen LogP contribution in [0.4, 0.5) is 0 Å². The van der Waals surface area contributed by atoms with E-state index in [4.69, 9.17) is 0 Å². The highest BCUT2D eigenvalue weighted by atomic mass is 32.2. The Morgan fingerprint density at radius 1 is 1.42 bits per heavy atom. The molecular formula is C15H16N2OS. The number of carbonyl (C=O) groups excluding carboxylic acids is 1. The Labute approximate surface area is 117 Å². The van der Waals surface area contributed by atoms with Gasteiger partial charge < -0.3 is 5.32 Å². The third-order valence-electron chi connectivity index (χ3n) is 3.35. The van der Waals surface area contributed by atoms with Gasteiger partial charge in [-0.1, -0.05) is 31.2 Å². The Balaban J connectivity index is 2.41. The van der Waals surface area contributed by atoms with Crippen LogP contribution in [0, 0.1) is 11.3 Å². The van der Waals surface area contributed by atoms with Crippen LogP contribution < -0.4 is 5.32 Å². The molecule has 1 amide bonds. The molecule has 1 atom stereocenters. The Kier molecular flexibility index (Phi) is 4.28. The molecule has 1 aliphatic rings. The molecule has 0 aliphatic carbocycles.